The van der Waals surface area contributed by atoms with E-state index in [0.717, 1.165) is 5.56 Å². The summed E-state index contributed by atoms with van der Waals surface area (Å²) in [5, 5.41) is 10.9. The summed E-state index contributed by atoms with van der Waals surface area (Å²) in [6, 6.07) is 7.18. The zero-order valence-corrected chi connectivity index (χ0v) is 14.0. The third-order valence-electron chi connectivity index (χ3n) is 6.05. The molecule has 4 nitrogen and oxygen atoms in total. The van der Waals surface area contributed by atoms with Crippen LogP contribution in [0.4, 0.5) is 5.69 Å². The van der Waals surface area contributed by atoms with E-state index in [2.05, 4.69) is 0 Å². The highest BCUT2D eigenvalue weighted by molar-refractivity contribution is 5.80. The molecule has 0 aromatic heterocycles. The molecule has 1 aromatic rings. The number of hydrogen-bond donors (Lipinski definition) is 0. The fraction of sp³-hybridized carbons (Fsp3) is 0.550. The third-order valence-corrected chi connectivity index (χ3v) is 6.05. The van der Waals surface area contributed by atoms with Gasteiger partial charge in [-0.2, -0.15) is 0 Å². The molecule has 0 amide bonds. The van der Waals surface area contributed by atoms with Gasteiger partial charge in [0.05, 0.1) is 11.0 Å². The molecular formula is C20H24N2O2. The highest BCUT2D eigenvalue weighted by Gasteiger charge is 2.40. The van der Waals surface area contributed by atoms with E-state index in [1.165, 1.54) is 57.4 Å². The average molecular weight is 324 g/mol. The van der Waals surface area contributed by atoms with Crippen LogP contribution in [0.15, 0.2) is 40.4 Å². The highest BCUT2D eigenvalue weighted by Crippen LogP contribution is 2.49. The van der Waals surface area contributed by atoms with Crippen LogP contribution in [0.3, 0.4) is 0 Å². The van der Waals surface area contributed by atoms with Crippen molar-refractivity contribution in [1.29, 1.82) is 0 Å². The van der Waals surface area contributed by atoms with Crippen LogP contribution in [0.2, 0.25) is 0 Å². The average Bonchev–Trinajstić information content (AvgIpc) is 2.60. The van der Waals surface area contributed by atoms with Crippen molar-refractivity contribution in [2.24, 2.45) is 16.8 Å². The Morgan fingerprint density at radius 2 is 2.04 bits per heavy atom. The summed E-state index contributed by atoms with van der Waals surface area (Å²) in [6.07, 6.45) is 12.3. The van der Waals surface area contributed by atoms with E-state index in [-0.39, 0.29) is 10.6 Å². The Balaban J connectivity index is 1.59. The molecule has 0 N–H and O–H groups in total. The zero-order valence-electron chi connectivity index (χ0n) is 14.0. The maximum Gasteiger partial charge on any atom is 0.270 e. The molecule has 4 heteroatoms. The van der Waals surface area contributed by atoms with Crippen molar-refractivity contribution in [2.45, 2.75) is 57.4 Å². The Kier molecular flexibility index (Phi) is 4.21. The van der Waals surface area contributed by atoms with Crippen LogP contribution in [0.1, 0.15) is 56.9 Å². The van der Waals surface area contributed by atoms with E-state index < -0.39 is 0 Å². The van der Waals surface area contributed by atoms with Crippen LogP contribution < -0.4 is 0 Å². The molecule has 3 aliphatic rings. The van der Waals surface area contributed by atoms with Crippen molar-refractivity contribution in [3.8, 4) is 0 Å². The Morgan fingerprint density at radius 3 is 2.92 bits per heavy atom. The van der Waals surface area contributed by atoms with Crippen molar-refractivity contribution >= 4 is 11.9 Å². The van der Waals surface area contributed by atoms with Crippen molar-refractivity contribution in [3.63, 3.8) is 0 Å². The first-order valence-corrected chi connectivity index (χ1v) is 9.21. The van der Waals surface area contributed by atoms with Crippen molar-refractivity contribution < 1.29 is 4.92 Å². The van der Waals surface area contributed by atoms with Gasteiger partial charge in [0.25, 0.3) is 5.69 Å². The molecule has 2 bridgehead atoms. The monoisotopic (exact) mass is 324 g/mol. The van der Waals surface area contributed by atoms with Gasteiger partial charge in [0.1, 0.15) is 0 Å². The smallest absolute Gasteiger partial charge is 0.270 e. The number of nitrogens with zero attached hydrogens (tertiary/aromatic N) is 2. The molecule has 0 radical (unpaired) electrons. The lowest BCUT2D eigenvalue weighted by Crippen LogP contribution is -2.38. The second-order valence-corrected chi connectivity index (χ2v) is 7.46. The Bertz CT molecular complexity index is 707. The molecule has 24 heavy (non-hydrogen) atoms. The van der Waals surface area contributed by atoms with Gasteiger partial charge in [-0.15, -0.1) is 0 Å². The molecule has 1 saturated carbocycles. The SMILES string of the molecule is O=[N+]([O-])c1cccc(C=N[C@H]2[C@H]3CCC[C@H]2C2=C(CCCC2)C3)c1. The van der Waals surface area contributed by atoms with E-state index in [1.807, 2.05) is 12.3 Å². The minimum atomic E-state index is -0.341. The number of rotatable bonds is 3. The maximum atomic E-state index is 10.9. The molecule has 0 saturated heterocycles. The first-order valence-electron chi connectivity index (χ1n) is 9.21. The predicted octanol–water partition coefficient (Wildman–Crippen LogP) is 5.07. The Morgan fingerprint density at radius 1 is 1.17 bits per heavy atom. The molecule has 3 atom stereocenters. The maximum absolute atomic E-state index is 10.9. The summed E-state index contributed by atoms with van der Waals surface area (Å²) >= 11 is 0. The molecule has 3 aliphatic carbocycles. The molecule has 0 unspecified atom stereocenters. The zero-order chi connectivity index (χ0) is 16.5. The van der Waals surface area contributed by atoms with Crippen LogP contribution >= 0.6 is 0 Å². The number of aliphatic imine (C=N–C) groups is 1. The van der Waals surface area contributed by atoms with E-state index in [0.29, 0.717) is 17.9 Å². The Labute approximate surface area is 142 Å². The van der Waals surface area contributed by atoms with E-state index >= 15 is 0 Å². The highest BCUT2D eigenvalue weighted by atomic mass is 16.6. The Hall–Kier alpha value is -1.97. The van der Waals surface area contributed by atoms with Gasteiger partial charge in [-0.05, 0) is 56.4 Å². The largest absolute Gasteiger partial charge is 0.288 e. The number of nitro benzene ring substituents is 1. The number of hydrogen-bond acceptors (Lipinski definition) is 3. The van der Waals surface area contributed by atoms with E-state index in [4.69, 9.17) is 4.99 Å². The van der Waals surface area contributed by atoms with Crippen LogP contribution in [0, 0.1) is 22.0 Å². The first-order chi connectivity index (χ1) is 11.7. The van der Waals surface area contributed by atoms with Crippen molar-refractivity contribution in [2.75, 3.05) is 0 Å². The summed E-state index contributed by atoms with van der Waals surface area (Å²) in [5.41, 5.74) is 4.45. The second kappa shape index (κ2) is 6.50. The molecule has 1 fully saturated rings. The van der Waals surface area contributed by atoms with E-state index in [9.17, 15) is 10.1 Å². The number of fused-ring (bicyclic) bond motifs is 3. The van der Waals surface area contributed by atoms with Gasteiger partial charge < -0.3 is 0 Å². The molecule has 126 valence electrons. The second-order valence-electron chi connectivity index (χ2n) is 7.46. The van der Waals surface area contributed by atoms with Gasteiger partial charge in [0.15, 0.2) is 0 Å². The molecule has 0 heterocycles. The molecule has 1 aromatic carbocycles. The molecule has 4 rings (SSSR count). The standard InChI is InChI=1S/C20H24N2O2/c23-22(24)17-8-3-5-14(11-17)13-21-20-16-7-4-10-19(20)18-9-2-1-6-15(18)12-16/h3,5,8,11,13,16,19-20H,1-2,4,6-7,9-10,12H2/t16-,19-,20-/m0/s1. The van der Waals surface area contributed by atoms with Gasteiger partial charge in [0.2, 0.25) is 0 Å². The fourth-order valence-electron chi connectivity index (χ4n) is 4.98. The molecular weight excluding hydrogens is 300 g/mol. The lowest BCUT2D eigenvalue weighted by atomic mass is 9.63. The number of allylic oxidation sites excluding steroid dienone is 1. The van der Waals surface area contributed by atoms with Gasteiger partial charge >= 0.3 is 0 Å². The number of non-ortho nitro benzene ring substituents is 1. The summed E-state index contributed by atoms with van der Waals surface area (Å²) in [4.78, 5) is 15.5. The minimum absolute atomic E-state index is 0.139. The van der Waals surface area contributed by atoms with E-state index in [1.54, 1.807) is 23.3 Å². The summed E-state index contributed by atoms with van der Waals surface area (Å²) in [5.74, 6) is 1.30. The quantitative estimate of drug-likeness (QED) is 0.337. The van der Waals surface area contributed by atoms with Gasteiger partial charge in [-0.1, -0.05) is 29.7 Å². The minimum Gasteiger partial charge on any atom is -0.288 e. The topological polar surface area (TPSA) is 55.5 Å². The summed E-state index contributed by atoms with van der Waals surface area (Å²) in [7, 11) is 0. The van der Waals surface area contributed by atoms with Gasteiger partial charge in [-0.3, -0.25) is 15.1 Å². The number of benzene rings is 1. The van der Waals surface area contributed by atoms with Crippen LogP contribution in [-0.2, 0) is 0 Å². The predicted molar refractivity (Wildman–Crippen MR) is 95.4 cm³/mol. The lowest BCUT2D eigenvalue weighted by Gasteiger charge is -2.44. The molecule has 0 spiro atoms. The lowest BCUT2D eigenvalue weighted by molar-refractivity contribution is -0.384. The van der Waals surface area contributed by atoms with Gasteiger partial charge in [-0.25, -0.2) is 0 Å². The van der Waals surface area contributed by atoms with Gasteiger partial charge in [0, 0.05) is 24.3 Å². The van der Waals surface area contributed by atoms with Crippen LogP contribution in [0.5, 0.6) is 0 Å². The summed E-state index contributed by atoms with van der Waals surface area (Å²) < 4.78 is 0. The van der Waals surface area contributed by atoms with Crippen LogP contribution in [-0.4, -0.2) is 17.2 Å². The van der Waals surface area contributed by atoms with Crippen molar-refractivity contribution in [3.05, 3.63) is 51.1 Å². The summed E-state index contributed by atoms with van der Waals surface area (Å²) in [6.45, 7) is 0. The molecule has 0 aliphatic heterocycles. The van der Waals surface area contributed by atoms with Crippen molar-refractivity contribution in [1.82, 2.24) is 0 Å². The van der Waals surface area contributed by atoms with Crippen LogP contribution in [0.25, 0.3) is 0 Å². The first kappa shape index (κ1) is 15.6. The fourth-order valence-corrected chi connectivity index (χ4v) is 4.98. The number of nitro groups is 1. The normalized spacial score (nSPS) is 29.6. The third kappa shape index (κ3) is 2.90.